The highest BCUT2D eigenvalue weighted by Crippen LogP contribution is 2.49. The summed E-state index contributed by atoms with van der Waals surface area (Å²) in [5.41, 5.74) is 4.09. The second-order valence-corrected chi connectivity index (χ2v) is 6.74. The minimum Gasteiger partial charge on any atom is -0.383 e. The average Bonchev–Trinajstić information content (AvgIpc) is 3.11. The van der Waals surface area contributed by atoms with Crippen LogP contribution in [0.25, 0.3) is 16.6 Å². The zero-order chi connectivity index (χ0) is 19.8. The number of hydrogen-bond acceptors (Lipinski definition) is 5. The third-order valence-corrected chi connectivity index (χ3v) is 5.52. The van der Waals surface area contributed by atoms with E-state index in [1.54, 1.807) is 43.4 Å². The standard InChI is InChI=1S/C20H13N5O3/c1-23-15-9-5-4-8-13(15)20(19(23)28)14(10-21)16(22)24-17(26)11-6-2-3-7-12(11)18(27)25(20)24/h2-9H,22H2,1H3/t20-/m1/s1. The summed E-state index contributed by atoms with van der Waals surface area (Å²) in [5.74, 6) is -0.731. The predicted molar refractivity (Wildman–Crippen MR) is 102 cm³/mol. The molecular weight excluding hydrogens is 358 g/mol. The number of likely N-dealkylation sites (N-methyl/N-ethyl adjacent to an activating group) is 1. The monoisotopic (exact) mass is 371 g/mol. The summed E-state index contributed by atoms with van der Waals surface area (Å²) in [4.78, 5) is 41.4. The SMILES string of the molecule is CN1C(=O)[C@]2(C(C#N)=C(N)n3c(=O)c4ccccc4c(=O)n32)c2ccccc21. The lowest BCUT2D eigenvalue weighted by Gasteiger charge is -2.26. The maximum atomic E-state index is 13.5. The van der Waals surface area contributed by atoms with Gasteiger partial charge in [0.2, 0.25) is 5.54 Å². The first-order valence-electron chi connectivity index (χ1n) is 8.52. The van der Waals surface area contributed by atoms with Crippen molar-refractivity contribution >= 4 is 28.2 Å². The third-order valence-electron chi connectivity index (χ3n) is 5.52. The molecule has 3 heterocycles. The quantitative estimate of drug-likeness (QED) is 0.620. The van der Waals surface area contributed by atoms with Crippen LogP contribution in [-0.4, -0.2) is 22.3 Å². The van der Waals surface area contributed by atoms with E-state index in [-0.39, 0.29) is 22.2 Å². The van der Waals surface area contributed by atoms with Gasteiger partial charge in [0, 0.05) is 18.3 Å². The molecule has 2 aromatic carbocycles. The summed E-state index contributed by atoms with van der Waals surface area (Å²) in [6.07, 6.45) is 0. The lowest BCUT2D eigenvalue weighted by atomic mass is 9.84. The third kappa shape index (κ3) is 1.49. The number of rotatable bonds is 0. The Hall–Kier alpha value is -4.12. The number of carbonyl (C=O) groups excluding carboxylic acids is 1. The fraction of sp³-hybridized carbons (Fsp3) is 0.100. The Bertz CT molecular complexity index is 1420. The number of aromatic nitrogens is 2. The molecule has 0 bridgehead atoms. The van der Waals surface area contributed by atoms with E-state index in [1.165, 1.54) is 17.0 Å². The number of amides is 1. The number of benzene rings is 2. The van der Waals surface area contributed by atoms with Crippen molar-refractivity contribution in [1.29, 1.82) is 5.26 Å². The second-order valence-electron chi connectivity index (χ2n) is 6.74. The lowest BCUT2D eigenvalue weighted by molar-refractivity contribution is -0.122. The van der Waals surface area contributed by atoms with E-state index in [2.05, 4.69) is 0 Å². The smallest absolute Gasteiger partial charge is 0.279 e. The number of hydrogen-bond donors (Lipinski definition) is 1. The summed E-state index contributed by atoms with van der Waals surface area (Å²) >= 11 is 0. The Labute approximate surface area is 157 Å². The van der Waals surface area contributed by atoms with Crippen molar-refractivity contribution in [2.75, 3.05) is 11.9 Å². The van der Waals surface area contributed by atoms with Crippen LogP contribution in [-0.2, 0) is 10.3 Å². The van der Waals surface area contributed by atoms with Crippen LogP contribution >= 0.6 is 0 Å². The number of nitrogens with two attached hydrogens (primary N) is 1. The number of para-hydroxylation sites is 1. The molecule has 2 aliphatic rings. The number of anilines is 1. The Balaban J connectivity index is 2.09. The largest absolute Gasteiger partial charge is 0.383 e. The van der Waals surface area contributed by atoms with Gasteiger partial charge in [-0.1, -0.05) is 30.3 Å². The van der Waals surface area contributed by atoms with Crippen LogP contribution in [0, 0.1) is 11.3 Å². The molecule has 8 nitrogen and oxygen atoms in total. The Morgan fingerprint density at radius 2 is 1.57 bits per heavy atom. The van der Waals surface area contributed by atoms with Crippen molar-refractivity contribution in [3.63, 3.8) is 0 Å². The maximum Gasteiger partial charge on any atom is 0.279 e. The van der Waals surface area contributed by atoms with Crippen molar-refractivity contribution < 1.29 is 4.79 Å². The fourth-order valence-corrected chi connectivity index (χ4v) is 4.31. The van der Waals surface area contributed by atoms with E-state index < -0.39 is 22.6 Å². The summed E-state index contributed by atoms with van der Waals surface area (Å²) in [6.45, 7) is 0. The Morgan fingerprint density at radius 1 is 0.964 bits per heavy atom. The molecule has 0 aliphatic carbocycles. The van der Waals surface area contributed by atoms with Gasteiger partial charge in [-0.3, -0.25) is 14.4 Å². The van der Waals surface area contributed by atoms with Gasteiger partial charge in [-0.05, 0) is 18.2 Å². The van der Waals surface area contributed by atoms with Gasteiger partial charge in [0.25, 0.3) is 17.0 Å². The van der Waals surface area contributed by atoms with Crippen LogP contribution in [0.2, 0.25) is 0 Å². The van der Waals surface area contributed by atoms with Crippen molar-refractivity contribution in [2.45, 2.75) is 5.54 Å². The second kappa shape index (κ2) is 4.98. The highest BCUT2D eigenvalue weighted by molar-refractivity contribution is 6.12. The molecule has 5 rings (SSSR count). The number of carbonyl (C=O) groups is 1. The molecule has 3 aromatic rings. The predicted octanol–water partition coefficient (Wildman–Crippen LogP) is 0.548. The van der Waals surface area contributed by atoms with E-state index in [4.69, 9.17) is 5.73 Å². The van der Waals surface area contributed by atoms with Gasteiger partial charge < -0.3 is 10.6 Å². The van der Waals surface area contributed by atoms with Crippen LogP contribution in [0.4, 0.5) is 5.69 Å². The molecular formula is C20H13N5O3. The minimum atomic E-state index is -1.80. The van der Waals surface area contributed by atoms with Gasteiger partial charge in [-0.15, -0.1) is 0 Å². The first-order chi connectivity index (χ1) is 13.5. The molecule has 2 N–H and O–H groups in total. The molecule has 8 heteroatoms. The van der Waals surface area contributed by atoms with Crippen LogP contribution in [0.5, 0.6) is 0 Å². The molecule has 1 atom stereocenters. The van der Waals surface area contributed by atoms with Crippen molar-refractivity contribution in [3.8, 4) is 6.07 Å². The van der Waals surface area contributed by atoms with Gasteiger partial charge >= 0.3 is 0 Å². The number of fused-ring (bicyclic) bond motifs is 5. The summed E-state index contributed by atoms with van der Waals surface area (Å²) in [5, 5.41) is 10.2. The molecule has 0 fully saturated rings. The molecule has 136 valence electrons. The molecule has 0 saturated heterocycles. The minimum absolute atomic E-state index is 0.135. The maximum absolute atomic E-state index is 13.5. The molecule has 0 unspecified atom stereocenters. The lowest BCUT2D eigenvalue weighted by Crippen LogP contribution is -2.52. The van der Waals surface area contributed by atoms with Gasteiger partial charge in [0.1, 0.15) is 17.5 Å². The van der Waals surface area contributed by atoms with Gasteiger partial charge in [0.15, 0.2) is 0 Å². The summed E-state index contributed by atoms with van der Waals surface area (Å²) in [6, 6.07) is 15.2. The molecule has 1 amide bonds. The van der Waals surface area contributed by atoms with E-state index in [9.17, 15) is 19.6 Å². The molecule has 1 spiro atoms. The van der Waals surface area contributed by atoms with Crippen LogP contribution < -0.4 is 21.8 Å². The van der Waals surface area contributed by atoms with E-state index in [0.717, 1.165) is 9.36 Å². The topological polar surface area (TPSA) is 114 Å². The summed E-state index contributed by atoms with van der Waals surface area (Å²) < 4.78 is 1.99. The first kappa shape index (κ1) is 16.1. The zero-order valence-electron chi connectivity index (χ0n) is 14.7. The molecule has 2 aliphatic heterocycles. The zero-order valence-corrected chi connectivity index (χ0v) is 14.7. The Morgan fingerprint density at radius 3 is 2.25 bits per heavy atom. The highest BCUT2D eigenvalue weighted by Gasteiger charge is 2.60. The van der Waals surface area contributed by atoms with Crippen molar-refractivity contribution in [2.24, 2.45) is 5.73 Å². The first-order valence-corrected chi connectivity index (χ1v) is 8.52. The highest BCUT2D eigenvalue weighted by atomic mass is 16.2. The van der Waals surface area contributed by atoms with Crippen molar-refractivity contribution in [1.82, 2.24) is 9.36 Å². The van der Waals surface area contributed by atoms with E-state index in [0.29, 0.717) is 11.3 Å². The number of nitrogens with zero attached hydrogens (tertiary/aromatic N) is 4. The Kier molecular flexibility index (Phi) is 2.86. The van der Waals surface area contributed by atoms with Crippen molar-refractivity contribution in [3.05, 3.63) is 80.4 Å². The van der Waals surface area contributed by atoms with Crippen LogP contribution in [0.1, 0.15) is 5.56 Å². The molecule has 1 aromatic heterocycles. The normalized spacial score (nSPS) is 20.0. The van der Waals surface area contributed by atoms with Crippen LogP contribution in [0.3, 0.4) is 0 Å². The van der Waals surface area contributed by atoms with E-state index in [1.807, 2.05) is 6.07 Å². The number of nitriles is 1. The van der Waals surface area contributed by atoms with Gasteiger partial charge in [0.05, 0.1) is 10.8 Å². The van der Waals surface area contributed by atoms with Crippen LogP contribution in [0.15, 0.2) is 63.7 Å². The molecule has 28 heavy (non-hydrogen) atoms. The molecule has 0 saturated carbocycles. The van der Waals surface area contributed by atoms with Gasteiger partial charge in [-0.25, -0.2) is 4.68 Å². The van der Waals surface area contributed by atoms with Gasteiger partial charge in [-0.2, -0.15) is 9.94 Å². The molecule has 0 radical (unpaired) electrons. The van der Waals surface area contributed by atoms with E-state index >= 15 is 0 Å². The average molecular weight is 371 g/mol. The summed E-state index contributed by atoms with van der Waals surface area (Å²) in [7, 11) is 1.56. The fourth-order valence-electron chi connectivity index (χ4n) is 4.31.